The summed E-state index contributed by atoms with van der Waals surface area (Å²) in [6.07, 6.45) is 5.39. The molecule has 1 saturated carbocycles. The van der Waals surface area contributed by atoms with Gasteiger partial charge in [-0.3, -0.25) is 14.5 Å². The zero-order chi connectivity index (χ0) is 12.4. The normalized spacial score (nSPS) is 25.6. The summed E-state index contributed by atoms with van der Waals surface area (Å²) in [5.74, 6) is 0.368. The van der Waals surface area contributed by atoms with Crippen molar-refractivity contribution in [1.29, 1.82) is 0 Å². The number of amides is 1. The lowest BCUT2D eigenvalue weighted by molar-refractivity contribution is -0.134. The van der Waals surface area contributed by atoms with Gasteiger partial charge in [-0.05, 0) is 39.2 Å². The smallest absolute Gasteiger partial charge is 0.236 e. The minimum atomic E-state index is -0.0275. The molecule has 0 radical (unpaired) electrons. The molecule has 1 aliphatic carbocycles. The van der Waals surface area contributed by atoms with E-state index in [0.717, 1.165) is 38.6 Å². The predicted molar refractivity (Wildman–Crippen MR) is 65.7 cm³/mol. The Balaban J connectivity index is 1.90. The lowest BCUT2D eigenvalue weighted by Crippen LogP contribution is -2.49. The molecule has 1 atom stereocenters. The third-order valence-electron chi connectivity index (χ3n) is 3.91. The van der Waals surface area contributed by atoms with Crippen molar-refractivity contribution in [1.82, 2.24) is 9.80 Å². The van der Waals surface area contributed by atoms with Gasteiger partial charge >= 0.3 is 0 Å². The maximum absolute atomic E-state index is 12.0. The molecule has 0 aromatic heterocycles. The highest BCUT2D eigenvalue weighted by atomic mass is 16.2. The minimum Gasteiger partial charge on any atom is -0.342 e. The van der Waals surface area contributed by atoms with Gasteiger partial charge in [0.05, 0.1) is 12.6 Å². The first kappa shape index (κ1) is 12.6. The average Bonchev–Trinajstić information content (AvgIpc) is 3.12. The molecular weight excluding hydrogens is 216 g/mol. The molecule has 2 aliphatic rings. The van der Waals surface area contributed by atoms with Gasteiger partial charge in [-0.15, -0.1) is 0 Å². The predicted octanol–water partition coefficient (Wildman–Crippen LogP) is 1.05. The number of rotatable bonds is 4. The summed E-state index contributed by atoms with van der Waals surface area (Å²) in [5.41, 5.74) is 0. The Morgan fingerprint density at radius 3 is 2.53 bits per heavy atom. The first-order chi connectivity index (χ1) is 8.09. The van der Waals surface area contributed by atoms with Gasteiger partial charge in [0, 0.05) is 13.1 Å². The maximum Gasteiger partial charge on any atom is 0.236 e. The SMILES string of the molecule is CC(=O)C1CCCCN1CC(=O)N(C)C1CC1. The molecular formula is C13H22N2O2. The number of carbonyl (C=O) groups excluding carboxylic acids is 2. The van der Waals surface area contributed by atoms with E-state index in [1.54, 1.807) is 6.92 Å². The third-order valence-corrected chi connectivity index (χ3v) is 3.91. The molecule has 1 amide bonds. The van der Waals surface area contributed by atoms with Crippen LogP contribution in [0, 0.1) is 0 Å². The third kappa shape index (κ3) is 3.06. The van der Waals surface area contributed by atoms with Crippen LogP contribution in [0.3, 0.4) is 0 Å². The number of hydrogen-bond donors (Lipinski definition) is 0. The van der Waals surface area contributed by atoms with E-state index in [1.165, 1.54) is 0 Å². The molecule has 0 aromatic carbocycles. The van der Waals surface area contributed by atoms with E-state index >= 15 is 0 Å². The molecule has 96 valence electrons. The van der Waals surface area contributed by atoms with E-state index in [9.17, 15) is 9.59 Å². The van der Waals surface area contributed by atoms with Crippen LogP contribution in [0.5, 0.6) is 0 Å². The fourth-order valence-corrected chi connectivity index (χ4v) is 2.59. The van der Waals surface area contributed by atoms with Gasteiger partial charge in [0.25, 0.3) is 0 Å². The van der Waals surface area contributed by atoms with Crippen molar-refractivity contribution < 1.29 is 9.59 Å². The van der Waals surface area contributed by atoms with E-state index in [-0.39, 0.29) is 17.7 Å². The Labute approximate surface area is 103 Å². The van der Waals surface area contributed by atoms with Gasteiger partial charge in [-0.25, -0.2) is 0 Å². The van der Waals surface area contributed by atoms with Gasteiger partial charge in [-0.2, -0.15) is 0 Å². The number of Topliss-reactive ketones (excluding diaryl/α,β-unsaturated/α-hetero) is 1. The number of hydrogen-bond acceptors (Lipinski definition) is 3. The molecule has 1 aliphatic heterocycles. The van der Waals surface area contributed by atoms with Crippen molar-refractivity contribution in [2.45, 2.75) is 51.1 Å². The van der Waals surface area contributed by atoms with Crippen LogP contribution in [0.15, 0.2) is 0 Å². The van der Waals surface area contributed by atoms with E-state index in [2.05, 4.69) is 4.90 Å². The molecule has 0 bridgehead atoms. The molecule has 1 heterocycles. The summed E-state index contributed by atoms with van der Waals surface area (Å²) < 4.78 is 0. The topological polar surface area (TPSA) is 40.6 Å². The highest BCUT2D eigenvalue weighted by Crippen LogP contribution is 2.26. The van der Waals surface area contributed by atoms with Crippen LogP contribution in [0.1, 0.15) is 39.0 Å². The van der Waals surface area contributed by atoms with Crippen LogP contribution in [0.2, 0.25) is 0 Å². The second kappa shape index (κ2) is 5.17. The van der Waals surface area contributed by atoms with E-state index in [0.29, 0.717) is 12.6 Å². The molecule has 1 saturated heterocycles. The van der Waals surface area contributed by atoms with Gasteiger partial charge in [0.15, 0.2) is 0 Å². The first-order valence-electron chi connectivity index (χ1n) is 6.59. The van der Waals surface area contributed by atoms with Crippen molar-refractivity contribution in [3.05, 3.63) is 0 Å². The van der Waals surface area contributed by atoms with Gasteiger partial charge < -0.3 is 4.90 Å². The summed E-state index contributed by atoms with van der Waals surface area (Å²) >= 11 is 0. The zero-order valence-corrected chi connectivity index (χ0v) is 10.8. The highest BCUT2D eigenvalue weighted by Gasteiger charge is 2.33. The Bertz CT molecular complexity index is 313. The standard InChI is InChI=1S/C13H22N2O2/c1-10(16)12-5-3-4-8-15(12)9-13(17)14(2)11-6-7-11/h11-12H,3-9H2,1-2H3. The Morgan fingerprint density at radius 2 is 1.94 bits per heavy atom. The van der Waals surface area contributed by atoms with Crippen LogP contribution < -0.4 is 0 Å². The fourth-order valence-electron chi connectivity index (χ4n) is 2.59. The van der Waals surface area contributed by atoms with Gasteiger partial charge in [0.1, 0.15) is 5.78 Å². The number of carbonyl (C=O) groups is 2. The van der Waals surface area contributed by atoms with Gasteiger partial charge in [-0.1, -0.05) is 6.42 Å². The quantitative estimate of drug-likeness (QED) is 0.735. The summed E-state index contributed by atoms with van der Waals surface area (Å²) in [7, 11) is 1.88. The summed E-state index contributed by atoms with van der Waals surface area (Å²) in [4.78, 5) is 27.5. The molecule has 4 heteroatoms. The summed E-state index contributed by atoms with van der Waals surface area (Å²) in [6.45, 7) is 2.93. The summed E-state index contributed by atoms with van der Waals surface area (Å²) in [6, 6.07) is 0.434. The fraction of sp³-hybridized carbons (Fsp3) is 0.846. The second-order valence-corrected chi connectivity index (χ2v) is 5.33. The minimum absolute atomic E-state index is 0.0275. The Morgan fingerprint density at radius 1 is 1.24 bits per heavy atom. The van der Waals surface area contributed by atoms with E-state index < -0.39 is 0 Å². The molecule has 1 unspecified atom stereocenters. The van der Waals surface area contributed by atoms with Crippen LogP contribution in [0.25, 0.3) is 0 Å². The highest BCUT2D eigenvalue weighted by molar-refractivity contribution is 5.83. The van der Waals surface area contributed by atoms with Crippen molar-refractivity contribution in [3.63, 3.8) is 0 Å². The second-order valence-electron chi connectivity index (χ2n) is 5.33. The lowest BCUT2D eigenvalue weighted by atomic mass is 9.99. The van der Waals surface area contributed by atoms with Crippen LogP contribution >= 0.6 is 0 Å². The van der Waals surface area contributed by atoms with E-state index in [1.807, 2.05) is 11.9 Å². The molecule has 17 heavy (non-hydrogen) atoms. The average molecular weight is 238 g/mol. The largest absolute Gasteiger partial charge is 0.342 e. The van der Waals surface area contributed by atoms with Crippen molar-refractivity contribution in [3.8, 4) is 0 Å². The van der Waals surface area contributed by atoms with Gasteiger partial charge in [0.2, 0.25) is 5.91 Å². The van der Waals surface area contributed by atoms with Crippen LogP contribution in [-0.4, -0.2) is 53.7 Å². The maximum atomic E-state index is 12.0. The van der Waals surface area contributed by atoms with Crippen molar-refractivity contribution in [2.24, 2.45) is 0 Å². The van der Waals surface area contributed by atoms with Crippen molar-refractivity contribution in [2.75, 3.05) is 20.1 Å². The number of piperidine rings is 1. The molecule has 0 aromatic rings. The molecule has 4 nitrogen and oxygen atoms in total. The van der Waals surface area contributed by atoms with E-state index in [4.69, 9.17) is 0 Å². The number of likely N-dealkylation sites (tertiary alicyclic amines) is 1. The Kier molecular flexibility index (Phi) is 3.82. The molecule has 2 fully saturated rings. The zero-order valence-electron chi connectivity index (χ0n) is 10.8. The van der Waals surface area contributed by atoms with Crippen molar-refractivity contribution >= 4 is 11.7 Å². The van der Waals surface area contributed by atoms with Crippen LogP contribution in [0.4, 0.5) is 0 Å². The number of ketones is 1. The lowest BCUT2D eigenvalue weighted by Gasteiger charge is -2.34. The monoisotopic (exact) mass is 238 g/mol. The molecule has 0 N–H and O–H groups in total. The van der Waals surface area contributed by atoms with Crippen LogP contribution in [-0.2, 0) is 9.59 Å². The molecule has 2 rings (SSSR count). The number of nitrogens with zero attached hydrogens (tertiary/aromatic N) is 2. The summed E-state index contributed by atoms with van der Waals surface area (Å²) in [5, 5.41) is 0. The molecule has 0 spiro atoms. The Hall–Kier alpha value is -0.900. The number of likely N-dealkylation sites (N-methyl/N-ethyl adjacent to an activating group) is 1. The first-order valence-corrected chi connectivity index (χ1v) is 6.59.